The second-order valence-corrected chi connectivity index (χ2v) is 4.36. The number of carbonyl (C=O) groups excluding carboxylic acids is 1. The lowest BCUT2D eigenvalue weighted by Crippen LogP contribution is -2.47. The SMILES string of the molecule is CC(=O)C[C@@H]1CN(C)C[C@@H](C)[C@@H]1O. The van der Waals surface area contributed by atoms with E-state index in [0.717, 1.165) is 13.1 Å². The fourth-order valence-electron chi connectivity index (χ4n) is 2.20. The molecule has 13 heavy (non-hydrogen) atoms. The highest BCUT2D eigenvalue weighted by Gasteiger charge is 2.31. The van der Waals surface area contributed by atoms with Crippen LogP contribution >= 0.6 is 0 Å². The number of ketones is 1. The molecule has 0 saturated carbocycles. The van der Waals surface area contributed by atoms with Crippen molar-refractivity contribution in [1.29, 1.82) is 0 Å². The van der Waals surface area contributed by atoms with Gasteiger partial charge in [0.1, 0.15) is 5.78 Å². The molecule has 3 atom stereocenters. The summed E-state index contributed by atoms with van der Waals surface area (Å²) in [4.78, 5) is 13.1. The number of nitrogens with zero attached hydrogens (tertiary/aromatic N) is 1. The molecule has 0 unspecified atom stereocenters. The van der Waals surface area contributed by atoms with Gasteiger partial charge in [0.15, 0.2) is 0 Å². The van der Waals surface area contributed by atoms with Crippen molar-refractivity contribution in [2.45, 2.75) is 26.4 Å². The van der Waals surface area contributed by atoms with Gasteiger partial charge in [-0.05, 0) is 19.9 Å². The van der Waals surface area contributed by atoms with E-state index in [2.05, 4.69) is 4.90 Å². The van der Waals surface area contributed by atoms with E-state index in [1.165, 1.54) is 0 Å². The lowest BCUT2D eigenvalue weighted by Gasteiger charge is -2.38. The van der Waals surface area contributed by atoms with Gasteiger partial charge >= 0.3 is 0 Å². The van der Waals surface area contributed by atoms with Crippen LogP contribution in [0.5, 0.6) is 0 Å². The number of aliphatic hydroxyl groups is 1. The van der Waals surface area contributed by atoms with Crippen molar-refractivity contribution < 1.29 is 9.90 Å². The quantitative estimate of drug-likeness (QED) is 0.682. The first-order valence-corrected chi connectivity index (χ1v) is 4.86. The zero-order valence-electron chi connectivity index (χ0n) is 8.66. The fourth-order valence-corrected chi connectivity index (χ4v) is 2.20. The first kappa shape index (κ1) is 10.7. The summed E-state index contributed by atoms with van der Waals surface area (Å²) in [6.07, 6.45) is 0.204. The molecule has 1 heterocycles. The Morgan fingerprint density at radius 1 is 1.54 bits per heavy atom. The minimum Gasteiger partial charge on any atom is -0.392 e. The summed E-state index contributed by atoms with van der Waals surface area (Å²) in [6.45, 7) is 5.39. The summed E-state index contributed by atoms with van der Waals surface area (Å²) in [5.41, 5.74) is 0. The number of likely N-dealkylation sites (tertiary alicyclic amines) is 1. The monoisotopic (exact) mass is 185 g/mol. The van der Waals surface area contributed by atoms with E-state index in [4.69, 9.17) is 0 Å². The third kappa shape index (κ3) is 2.78. The molecule has 3 heteroatoms. The summed E-state index contributed by atoms with van der Waals surface area (Å²) in [7, 11) is 2.04. The van der Waals surface area contributed by atoms with Crippen LogP contribution in [0.15, 0.2) is 0 Å². The van der Waals surface area contributed by atoms with Crippen molar-refractivity contribution in [1.82, 2.24) is 4.90 Å². The summed E-state index contributed by atoms with van der Waals surface area (Å²) in [5, 5.41) is 9.83. The highest BCUT2D eigenvalue weighted by Crippen LogP contribution is 2.23. The molecule has 0 aromatic rings. The standard InChI is InChI=1S/C10H19NO2/c1-7-5-11(3)6-9(10(7)13)4-8(2)12/h7,9-10,13H,4-6H2,1-3H3/t7-,9-,10+/m1/s1. The second kappa shape index (κ2) is 4.20. The summed E-state index contributed by atoms with van der Waals surface area (Å²) < 4.78 is 0. The van der Waals surface area contributed by atoms with Crippen molar-refractivity contribution in [2.75, 3.05) is 20.1 Å². The Balaban J connectivity index is 2.55. The van der Waals surface area contributed by atoms with E-state index in [1.807, 2.05) is 14.0 Å². The Kier molecular flexibility index (Phi) is 3.45. The van der Waals surface area contributed by atoms with Crippen LogP contribution in [0.25, 0.3) is 0 Å². The predicted octanol–water partition coefficient (Wildman–Crippen LogP) is 0.524. The number of aliphatic hydroxyl groups excluding tert-OH is 1. The molecule has 0 aromatic carbocycles. The van der Waals surface area contributed by atoms with Crippen LogP contribution in [0.4, 0.5) is 0 Å². The highest BCUT2D eigenvalue weighted by molar-refractivity contribution is 5.75. The minimum absolute atomic E-state index is 0.131. The van der Waals surface area contributed by atoms with Crippen LogP contribution in [-0.2, 0) is 4.79 Å². The number of piperidine rings is 1. The smallest absolute Gasteiger partial charge is 0.130 e. The average molecular weight is 185 g/mol. The Morgan fingerprint density at radius 3 is 2.69 bits per heavy atom. The van der Waals surface area contributed by atoms with Crippen LogP contribution in [0.3, 0.4) is 0 Å². The molecule has 0 amide bonds. The Labute approximate surface area is 79.7 Å². The molecule has 0 radical (unpaired) electrons. The number of hydrogen-bond acceptors (Lipinski definition) is 3. The van der Waals surface area contributed by atoms with Gasteiger partial charge < -0.3 is 14.8 Å². The molecule has 1 rings (SSSR count). The van der Waals surface area contributed by atoms with E-state index >= 15 is 0 Å². The summed E-state index contributed by atoms with van der Waals surface area (Å²) in [5.74, 6) is 0.584. The summed E-state index contributed by atoms with van der Waals surface area (Å²) in [6, 6.07) is 0. The van der Waals surface area contributed by atoms with E-state index < -0.39 is 0 Å². The highest BCUT2D eigenvalue weighted by atomic mass is 16.3. The normalized spacial score (nSPS) is 36.2. The zero-order valence-corrected chi connectivity index (χ0v) is 8.66. The van der Waals surface area contributed by atoms with Gasteiger partial charge in [-0.15, -0.1) is 0 Å². The van der Waals surface area contributed by atoms with E-state index in [9.17, 15) is 9.90 Å². The molecule has 0 spiro atoms. The maximum absolute atomic E-state index is 10.9. The van der Waals surface area contributed by atoms with Gasteiger partial charge in [0.25, 0.3) is 0 Å². The minimum atomic E-state index is -0.305. The zero-order chi connectivity index (χ0) is 10.0. The number of Topliss-reactive ketones (excluding diaryl/α,β-unsaturated/α-hetero) is 1. The molecule has 1 aliphatic rings. The third-order valence-corrected chi connectivity index (χ3v) is 2.76. The van der Waals surface area contributed by atoms with Gasteiger partial charge in [-0.1, -0.05) is 6.92 Å². The van der Waals surface area contributed by atoms with Crippen molar-refractivity contribution in [3.8, 4) is 0 Å². The number of carbonyl (C=O) groups is 1. The second-order valence-electron chi connectivity index (χ2n) is 4.36. The largest absolute Gasteiger partial charge is 0.392 e. The first-order chi connectivity index (χ1) is 6.00. The van der Waals surface area contributed by atoms with Crippen molar-refractivity contribution >= 4 is 5.78 Å². The predicted molar refractivity (Wildman–Crippen MR) is 51.5 cm³/mol. The van der Waals surface area contributed by atoms with Crippen LogP contribution < -0.4 is 0 Å². The molecule has 1 saturated heterocycles. The molecule has 0 bridgehead atoms. The van der Waals surface area contributed by atoms with Gasteiger partial charge in [-0.25, -0.2) is 0 Å². The van der Waals surface area contributed by atoms with Crippen LogP contribution in [0, 0.1) is 11.8 Å². The molecule has 0 aliphatic carbocycles. The van der Waals surface area contributed by atoms with Crippen LogP contribution in [0.1, 0.15) is 20.3 Å². The van der Waals surface area contributed by atoms with Gasteiger partial charge in [-0.3, -0.25) is 0 Å². The van der Waals surface area contributed by atoms with Crippen LogP contribution in [0.2, 0.25) is 0 Å². The van der Waals surface area contributed by atoms with E-state index in [-0.39, 0.29) is 23.7 Å². The molecular formula is C10H19NO2. The average Bonchev–Trinajstić information content (AvgIpc) is 1.98. The van der Waals surface area contributed by atoms with E-state index in [0.29, 0.717) is 6.42 Å². The van der Waals surface area contributed by atoms with Crippen molar-refractivity contribution in [3.63, 3.8) is 0 Å². The Bertz CT molecular complexity index is 193. The van der Waals surface area contributed by atoms with Crippen molar-refractivity contribution in [3.05, 3.63) is 0 Å². The Morgan fingerprint density at radius 2 is 2.15 bits per heavy atom. The molecule has 1 N–H and O–H groups in total. The first-order valence-electron chi connectivity index (χ1n) is 4.86. The fraction of sp³-hybridized carbons (Fsp3) is 0.900. The van der Waals surface area contributed by atoms with Gasteiger partial charge in [0, 0.05) is 25.4 Å². The van der Waals surface area contributed by atoms with E-state index in [1.54, 1.807) is 6.92 Å². The molecule has 76 valence electrons. The third-order valence-electron chi connectivity index (χ3n) is 2.76. The maximum Gasteiger partial charge on any atom is 0.130 e. The number of hydrogen-bond donors (Lipinski definition) is 1. The Hall–Kier alpha value is -0.410. The molecule has 1 aliphatic heterocycles. The van der Waals surface area contributed by atoms with Crippen molar-refractivity contribution in [2.24, 2.45) is 11.8 Å². The van der Waals surface area contributed by atoms with Gasteiger partial charge in [-0.2, -0.15) is 0 Å². The molecule has 0 aromatic heterocycles. The van der Waals surface area contributed by atoms with Gasteiger partial charge in [0.2, 0.25) is 0 Å². The molecular weight excluding hydrogens is 166 g/mol. The van der Waals surface area contributed by atoms with Gasteiger partial charge in [0.05, 0.1) is 6.10 Å². The number of rotatable bonds is 2. The lowest BCUT2D eigenvalue weighted by atomic mass is 9.84. The molecule has 1 fully saturated rings. The summed E-state index contributed by atoms with van der Waals surface area (Å²) >= 11 is 0. The van der Waals surface area contributed by atoms with Crippen LogP contribution in [-0.4, -0.2) is 42.0 Å². The maximum atomic E-state index is 10.9. The topological polar surface area (TPSA) is 40.5 Å². The molecule has 3 nitrogen and oxygen atoms in total. The lowest BCUT2D eigenvalue weighted by molar-refractivity contribution is -0.120.